The molecule has 136 valence electrons. The second-order valence-electron chi connectivity index (χ2n) is 5.41. The van der Waals surface area contributed by atoms with E-state index in [9.17, 15) is 12.8 Å². The van der Waals surface area contributed by atoms with Crippen molar-refractivity contribution in [1.29, 1.82) is 0 Å². The summed E-state index contributed by atoms with van der Waals surface area (Å²) in [5.41, 5.74) is 1.05. The first-order valence-corrected chi connectivity index (χ1v) is 9.85. The molecule has 24 heavy (non-hydrogen) atoms. The highest BCUT2D eigenvalue weighted by Gasteiger charge is 2.13. The molecule has 0 aliphatic rings. The number of aliphatic imine (C=N–C) groups is 1. The molecule has 1 aromatic rings. The highest BCUT2D eigenvalue weighted by atomic mass is 32.2. The Morgan fingerprint density at radius 3 is 2.38 bits per heavy atom. The van der Waals surface area contributed by atoms with Crippen LogP contribution in [0.4, 0.5) is 4.39 Å². The summed E-state index contributed by atoms with van der Waals surface area (Å²) < 4.78 is 37.3. The van der Waals surface area contributed by atoms with Crippen molar-refractivity contribution in [2.24, 2.45) is 4.99 Å². The highest BCUT2D eigenvalue weighted by Crippen LogP contribution is 2.02. The Morgan fingerprint density at radius 1 is 1.21 bits per heavy atom. The van der Waals surface area contributed by atoms with Crippen molar-refractivity contribution in [3.63, 3.8) is 0 Å². The SMILES string of the molecule is CCN(CCCNC(=NC)NCCc1ccc(F)cc1)S(C)(=O)=O. The molecule has 0 spiro atoms. The summed E-state index contributed by atoms with van der Waals surface area (Å²) in [5, 5.41) is 6.33. The van der Waals surface area contributed by atoms with Crippen molar-refractivity contribution < 1.29 is 12.8 Å². The van der Waals surface area contributed by atoms with Crippen molar-refractivity contribution in [2.75, 3.05) is 39.5 Å². The minimum atomic E-state index is -3.14. The summed E-state index contributed by atoms with van der Waals surface area (Å²) in [6.07, 6.45) is 2.68. The monoisotopic (exact) mass is 358 g/mol. The van der Waals surface area contributed by atoms with E-state index in [0.717, 1.165) is 12.0 Å². The summed E-state index contributed by atoms with van der Waals surface area (Å²) >= 11 is 0. The van der Waals surface area contributed by atoms with Crippen molar-refractivity contribution in [2.45, 2.75) is 19.8 Å². The average Bonchev–Trinajstić information content (AvgIpc) is 2.53. The number of nitrogens with zero attached hydrogens (tertiary/aromatic N) is 2. The van der Waals surface area contributed by atoms with Gasteiger partial charge in [-0.1, -0.05) is 19.1 Å². The number of hydrogen-bond donors (Lipinski definition) is 2. The van der Waals surface area contributed by atoms with Crippen LogP contribution in [0.25, 0.3) is 0 Å². The Kier molecular flexibility index (Phi) is 8.70. The largest absolute Gasteiger partial charge is 0.356 e. The molecular weight excluding hydrogens is 331 g/mol. The van der Waals surface area contributed by atoms with E-state index in [1.807, 2.05) is 6.92 Å². The average molecular weight is 358 g/mol. The number of rotatable bonds is 9. The topological polar surface area (TPSA) is 73.8 Å². The van der Waals surface area contributed by atoms with Crippen LogP contribution < -0.4 is 10.6 Å². The van der Waals surface area contributed by atoms with E-state index in [0.29, 0.717) is 38.6 Å². The standard InChI is InChI=1S/C16H27FN4O2S/c1-4-21(24(3,22)23)13-5-11-19-16(18-2)20-12-10-14-6-8-15(17)9-7-14/h6-9H,4-5,10-13H2,1-3H3,(H2,18,19,20). The lowest BCUT2D eigenvalue weighted by molar-refractivity contribution is 0.424. The number of halogens is 1. The third-order valence-corrected chi connectivity index (χ3v) is 4.92. The van der Waals surface area contributed by atoms with Gasteiger partial charge in [0.1, 0.15) is 5.82 Å². The van der Waals surface area contributed by atoms with Gasteiger partial charge in [0.15, 0.2) is 5.96 Å². The minimum Gasteiger partial charge on any atom is -0.356 e. The zero-order valence-electron chi connectivity index (χ0n) is 14.5. The molecule has 0 amide bonds. The summed E-state index contributed by atoms with van der Waals surface area (Å²) in [5.74, 6) is 0.430. The van der Waals surface area contributed by atoms with Gasteiger partial charge in [0.25, 0.3) is 0 Å². The molecule has 0 bridgehead atoms. The summed E-state index contributed by atoms with van der Waals surface area (Å²) in [4.78, 5) is 4.12. The van der Waals surface area contributed by atoms with Crippen molar-refractivity contribution in [1.82, 2.24) is 14.9 Å². The lowest BCUT2D eigenvalue weighted by atomic mass is 10.1. The maximum absolute atomic E-state index is 12.8. The van der Waals surface area contributed by atoms with Gasteiger partial charge in [0, 0.05) is 33.2 Å². The van der Waals surface area contributed by atoms with Gasteiger partial charge >= 0.3 is 0 Å². The second-order valence-corrected chi connectivity index (χ2v) is 7.39. The predicted octanol–water partition coefficient (Wildman–Crippen LogP) is 1.20. The predicted molar refractivity (Wildman–Crippen MR) is 96.2 cm³/mol. The van der Waals surface area contributed by atoms with Gasteiger partial charge in [-0.25, -0.2) is 17.1 Å². The minimum absolute atomic E-state index is 0.237. The van der Waals surface area contributed by atoms with Gasteiger partial charge in [-0.2, -0.15) is 0 Å². The Labute approximate surface area is 144 Å². The fraction of sp³-hybridized carbons (Fsp3) is 0.562. The summed E-state index contributed by atoms with van der Waals surface area (Å²) in [6, 6.07) is 6.42. The molecule has 1 aromatic carbocycles. The molecule has 0 aliphatic carbocycles. The van der Waals surface area contributed by atoms with Crippen molar-refractivity contribution >= 4 is 16.0 Å². The number of guanidine groups is 1. The van der Waals surface area contributed by atoms with E-state index in [4.69, 9.17) is 0 Å². The summed E-state index contributed by atoms with van der Waals surface area (Å²) in [7, 11) is -1.45. The van der Waals surface area contributed by atoms with E-state index in [2.05, 4.69) is 15.6 Å². The molecule has 0 fully saturated rings. The molecule has 0 unspecified atom stereocenters. The highest BCUT2D eigenvalue weighted by molar-refractivity contribution is 7.88. The molecule has 2 N–H and O–H groups in total. The van der Waals surface area contributed by atoms with Crippen LogP contribution in [0.1, 0.15) is 18.9 Å². The van der Waals surface area contributed by atoms with E-state index in [1.165, 1.54) is 22.7 Å². The van der Waals surface area contributed by atoms with Gasteiger partial charge < -0.3 is 10.6 Å². The van der Waals surface area contributed by atoms with Crippen molar-refractivity contribution in [3.8, 4) is 0 Å². The Bertz CT molecular complexity index is 617. The molecule has 0 aliphatic heterocycles. The molecule has 0 aromatic heterocycles. The third kappa shape index (κ3) is 7.74. The number of hydrogen-bond acceptors (Lipinski definition) is 3. The smallest absolute Gasteiger partial charge is 0.211 e. The molecule has 1 rings (SSSR count). The second kappa shape index (κ2) is 10.2. The van der Waals surface area contributed by atoms with Crippen LogP contribution >= 0.6 is 0 Å². The molecule has 0 saturated heterocycles. The Hall–Kier alpha value is -1.67. The van der Waals surface area contributed by atoms with Crippen LogP contribution in [0.3, 0.4) is 0 Å². The van der Waals surface area contributed by atoms with Crippen LogP contribution in [0.15, 0.2) is 29.3 Å². The first-order chi connectivity index (χ1) is 11.4. The number of sulfonamides is 1. The normalized spacial score (nSPS) is 12.5. The van der Waals surface area contributed by atoms with Gasteiger partial charge in [0.2, 0.25) is 10.0 Å². The van der Waals surface area contributed by atoms with Crippen LogP contribution in [-0.4, -0.2) is 58.2 Å². The molecular formula is C16H27FN4O2S. The molecule has 8 heteroatoms. The van der Waals surface area contributed by atoms with E-state index in [1.54, 1.807) is 19.2 Å². The number of nitrogens with one attached hydrogen (secondary N) is 2. The molecule has 0 heterocycles. The lowest BCUT2D eigenvalue weighted by Gasteiger charge is -2.18. The van der Waals surface area contributed by atoms with Crippen LogP contribution in [-0.2, 0) is 16.4 Å². The molecule has 0 saturated carbocycles. The molecule has 6 nitrogen and oxygen atoms in total. The fourth-order valence-corrected chi connectivity index (χ4v) is 3.15. The maximum atomic E-state index is 12.8. The maximum Gasteiger partial charge on any atom is 0.211 e. The van der Waals surface area contributed by atoms with Crippen LogP contribution in [0.5, 0.6) is 0 Å². The lowest BCUT2D eigenvalue weighted by Crippen LogP contribution is -2.40. The van der Waals surface area contributed by atoms with Gasteiger partial charge in [0.05, 0.1) is 6.26 Å². The zero-order valence-corrected chi connectivity index (χ0v) is 15.4. The van der Waals surface area contributed by atoms with E-state index >= 15 is 0 Å². The van der Waals surface area contributed by atoms with Gasteiger partial charge in [-0.3, -0.25) is 4.99 Å². The first kappa shape index (κ1) is 20.4. The van der Waals surface area contributed by atoms with Gasteiger partial charge in [-0.15, -0.1) is 0 Å². The van der Waals surface area contributed by atoms with E-state index < -0.39 is 10.0 Å². The molecule has 0 radical (unpaired) electrons. The molecule has 0 atom stereocenters. The van der Waals surface area contributed by atoms with Crippen LogP contribution in [0.2, 0.25) is 0 Å². The summed E-state index contributed by atoms with van der Waals surface area (Å²) in [6.45, 7) is 4.08. The quantitative estimate of drug-likeness (QED) is 0.395. The fourth-order valence-electron chi connectivity index (χ4n) is 2.22. The van der Waals surface area contributed by atoms with E-state index in [-0.39, 0.29) is 5.82 Å². The van der Waals surface area contributed by atoms with Crippen LogP contribution in [0, 0.1) is 5.82 Å². The zero-order chi connectivity index (χ0) is 18.0. The Balaban J connectivity index is 2.26. The first-order valence-electron chi connectivity index (χ1n) is 8.01. The number of benzene rings is 1. The van der Waals surface area contributed by atoms with Gasteiger partial charge in [-0.05, 0) is 30.5 Å². The third-order valence-electron chi connectivity index (χ3n) is 3.54. The van der Waals surface area contributed by atoms with Crippen molar-refractivity contribution in [3.05, 3.63) is 35.6 Å². The Morgan fingerprint density at radius 2 is 1.83 bits per heavy atom.